The van der Waals surface area contributed by atoms with Gasteiger partial charge in [-0.15, -0.1) is 24.0 Å². The number of aliphatic imine (C=N–C) groups is 1. The number of benzene rings is 1. The van der Waals surface area contributed by atoms with E-state index in [-0.39, 0.29) is 29.9 Å². The Morgan fingerprint density at radius 2 is 1.97 bits per heavy atom. The summed E-state index contributed by atoms with van der Waals surface area (Å²) in [7, 11) is 0. The number of furan rings is 1. The fourth-order valence-electron chi connectivity index (χ4n) is 3.10. The number of carbonyl (C=O) groups excluding carboxylic acids is 1. The lowest BCUT2D eigenvalue weighted by atomic mass is 10.2. The van der Waals surface area contributed by atoms with Gasteiger partial charge in [0.05, 0.1) is 12.8 Å². The summed E-state index contributed by atoms with van der Waals surface area (Å²) in [5.41, 5.74) is 1.15. The van der Waals surface area contributed by atoms with Crippen LogP contribution in [0.5, 0.6) is 0 Å². The van der Waals surface area contributed by atoms with Crippen LogP contribution in [0.3, 0.4) is 0 Å². The quantitative estimate of drug-likeness (QED) is 0.259. The summed E-state index contributed by atoms with van der Waals surface area (Å²) in [5.74, 6) is 0.967. The first kappa shape index (κ1) is 23.3. The SMILES string of the molecule is CCNC(=NCCNC(=O)c1ccco1)N1CCN(c2cccc(Cl)c2)CC1.I. The van der Waals surface area contributed by atoms with Gasteiger partial charge < -0.3 is 24.9 Å². The highest BCUT2D eigenvalue weighted by Crippen LogP contribution is 2.20. The molecule has 9 heteroatoms. The lowest BCUT2D eigenvalue weighted by Crippen LogP contribution is -2.52. The molecule has 0 spiro atoms. The van der Waals surface area contributed by atoms with E-state index in [4.69, 9.17) is 16.0 Å². The lowest BCUT2D eigenvalue weighted by Gasteiger charge is -2.37. The molecule has 158 valence electrons. The third-order valence-electron chi connectivity index (χ3n) is 4.49. The minimum atomic E-state index is -0.222. The number of halogens is 2. The van der Waals surface area contributed by atoms with E-state index in [0.29, 0.717) is 18.8 Å². The number of guanidine groups is 1. The Morgan fingerprint density at radius 1 is 1.17 bits per heavy atom. The van der Waals surface area contributed by atoms with E-state index in [1.807, 2.05) is 18.2 Å². The average Bonchev–Trinajstić information content (AvgIpc) is 3.25. The zero-order valence-electron chi connectivity index (χ0n) is 16.4. The first-order chi connectivity index (χ1) is 13.7. The second kappa shape index (κ2) is 11.9. The normalized spacial score (nSPS) is 14.3. The first-order valence-corrected chi connectivity index (χ1v) is 9.90. The Bertz CT molecular complexity index is 792. The summed E-state index contributed by atoms with van der Waals surface area (Å²) in [6.07, 6.45) is 1.49. The summed E-state index contributed by atoms with van der Waals surface area (Å²) in [6.45, 7) is 7.36. The zero-order chi connectivity index (χ0) is 19.8. The van der Waals surface area contributed by atoms with Crippen molar-refractivity contribution in [2.45, 2.75) is 6.92 Å². The van der Waals surface area contributed by atoms with Gasteiger partial charge in [-0.1, -0.05) is 17.7 Å². The summed E-state index contributed by atoms with van der Waals surface area (Å²) >= 11 is 6.11. The first-order valence-electron chi connectivity index (χ1n) is 9.53. The van der Waals surface area contributed by atoms with Crippen molar-refractivity contribution in [3.05, 3.63) is 53.4 Å². The smallest absolute Gasteiger partial charge is 0.287 e. The molecule has 1 aromatic carbocycles. The summed E-state index contributed by atoms with van der Waals surface area (Å²) in [6, 6.07) is 11.3. The molecule has 2 aromatic rings. The van der Waals surface area contributed by atoms with Gasteiger partial charge in [-0.3, -0.25) is 9.79 Å². The van der Waals surface area contributed by atoms with Crippen LogP contribution in [0.2, 0.25) is 5.02 Å². The monoisotopic (exact) mass is 531 g/mol. The lowest BCUT2D eigenvalue weighted by molar-refractivity contribution is 0.0927. The average molecular weight is 532 g/mol. The highest BCUT2D eigenvalue weighted by atomic mass is 127. The molecule has 1 saturated heterocycles. The minimum absolute atomic E-state index is 0. The van der Waals surface area contributed by atoms with Gasteiger partial charge in [0, 0.05) is 50.0 Å². The van der Waals surface area contributed by atoms with Gasteiger partial charge in [-0.05, 0) is 37.3 Å². The molecule has 3 rings (SSSR count). The number of piperazine rings is 1. The number of amides is 1. The van der Waals surface area contributed by atoms with Crippen molar-refractivity contribution >= 4 is 53.1 Å². The molecular formula is C20H27ClIN5O2. The van der Waals surface area contributed by atoms with E-state index in [0.717, 1.165) is 49.4 Å². The fourth-order valence-corrected chi connectivity index (χ4v) is 3.29. The number of rotatable bonds is 6. The molecule has 0 saturated carbocycles. The van der Waals surface area contributed by atoms with Gasteiger partial charge in [0.2, 0.25) is 0 Å². The highest BCUT2D eigenvalue weighted by molar-refractivity contribution is 14.0. The Labute approximate surface area is 193 Å². The maximum Gasteiger partial charge on any atom is 0.287 e. The standard InChI is InChI=1S/C20H26ClN5O2.HI/c1-2-22-20(24-9-8-23-19(27)18-7-4-14-28-18)26-12-10-25(11-13-26)17-6-3-5-16(21)15-17;/h3-7,14-15H,2,8-13H2,1H3,(H,22,24)(H,23,27);1H. The van der Waals surface area contributed by atoms with Crippen LogP contribution in [0.1, 0.15) is 17.5 Å². The van der Waals surface area contributed by atoms with Crippen LogP contribution in [0.25, 0.3) is 0 Å². The third kappa shape index (κ3) is 6.81. The van der Waals surface area contributed by atoms with Crippen molar-refractivity contribution in [3.63, 3.8) is 0 Å². The second-order valence-corrected chi connectivity index (χ2v) is 6.86. The van der Waals surface area contributed by atoms with Gasteiger partial charge in [0.15, 0.2) is 11.7 Å². The molecule has 0 atom stereocenters. The van der Waals surface area contributed by atoms with Gasteiger partial charge >= 0.3 is 0 Å². The third-order valence-corrected chi connectivity index (χ3v) is 4.73. The maximum atomic E-state index is 11.9. The number of hydrogen-bond acceptors (Lipinski definition) is 4. The van der Waals surface area contributed by atoms with Crippen LogP contribution in [0.15, 0.2) is 52.1 Å². The predicted octanol–water partition coefficient (Wildman–Crippen LogP) is 3.07. The molecule has 1 aliphatic rings. The summed E-state index contributed by atoms with van der Waals surface area (Å²) in [5, 5.41) is 6.91. The second-order valence-electron chi connectivity index (χ2n) is 6.42. The van der Waals surface area contributed by atoms with Crippen LogP contribution in [0, 0.1) is 0 Å². The molecule has 1 fully saturated rings. The molecule has 7 nitrogen and oxygen atoms in total. The number of hydrogen-bond donors (Lipinski definition) is 2. The van der Waals surface area contributed by atoms with Gasteiger partial charge in [-0.2, -0.15) is 0 Å². The van der Waals surface area contributed by atoms with Gasteiger partial charge in [0.25, 0.3) is 5.91 Å². The number of anilines is 1. The van der Waals surface area contributed by atoms with Crippen molar-refractivity contribution in [1.29, 1.82) is 0 Å². The Balaban J connectivity index is 0.00000300. The molecule has 2 N–H and O–H groups in total. The summed E-state index contributed by atoms with van der Waals surface area (Å²) < 4.78 is 5.08. The van der Waals surface area contributed by atoms with Crippen molar-refractivity contribution < 1.29 is 9.21 Å². The van der Waals surface area contributed by atoms with E-state index in [2.05, 4.69) is 38.4 Å². The number of carbonyl (C=O) groups is 1. The van der Waals surface area contributed by atoms with Crippen LogP contribution in [-0.2, 0) is 0 Å². The maximum absolute atomic E-state index is 11.9. The van der Waals surface area contributed by atoms with E-state index >= 15 is 0 Å². The highest BCUT2D eigenvalue weighted by Gasteiger charge is 2.20. The molecule has 1 aliphatic heterocycles. The van der Waals surface area contributed by atoms with Crippen LogP contribution >= 0.6 is 35.6 Å². The molecule has 0 aliphatic carbocycles. The molecule has 1 aromatic heterocycles. The molecule has 1 amide bonds. The van der Waals surface area contributed by atoms with E-state index in [1.54, 1.807) is 12.1 Å². The van der Waals surface area contributed by atoms with Crippen LogP contribution in [-0.4, -0.2) is 62.6 Å². The minimum Gasteiger partial charge on any atom is -0.459 e. The molecule has 0 bridgehead atoms. The summed E-state index contributed by atoms with van der Waals surface area (Å²) in [4.78, 5) is 21.1. The molecular weight excluding hydrogens is 505 g/mol. The molecule has 0 radical (unpaired) electrons. The van der Waals surface area contributed by atoms with E-state index in [9.17, 15) is 4.79 Å². The number of nitrogens with zero attached hydrogens (tertiary/aromatic N) is 3. The predicted molar refractivity (Wildman–Crippen MR) is 128 cm³/mol. The fraction of sp³-hybridized carbons (Fsp3) is 0.400. The molecule has 29 heavy (non-hydrogen) atoms. The Kier molecular flexibility index (Phi) is 9.59. The van der Waals surface area contributed by atoms with Gasteiger partial charge in [-0.25, -0.2) is 0 Å². The number of nitrogens with one attached hydrogen (secondary N) is 2. The topological polar surface area (TPSA) is 73.1 Å². The molecule has 2 heterocycles. The van der Waals surface area contributed by atoms with E-state index in [1.165, 1.54) is 6.26 Å². The largest absolute Gasteiger partial charge is 0.459 e. The Morgan fingerprint density at radius 3 is 2.62 bits per heavy atom. The van der Waals surface area contributed by atoms with Crippen molar-refractivity contribution in [2.24, 2.45) is 4.99 Å². The van der Waals surface area contributed by atoms with Crippen molar-refractivity contribution in [3.8, 4) is 0 Å². The van der Waals surface area contributed by atoms with Gasteiger partial charge in [0.1, 0.15) is 0 Å². The van der Waals surface area contributed by atoms with Crippen LogP contribution in [0.4, 0.5) is 5.69 Å². The van der Waals surface area contributed by atoms with Crippen molar-refractivity contribution in [1.82, 2.24) is 15.5 Å². The van der Waals surface area contributed by atoms with Crippen molar-refractivity contribution in [2.75, 3.05) is 50.7 Å². The van der Waals surface area contributed by atoms with E-state index < -0.39 is 0 Å². The van der Waals surface area contributed by atoms with Crippen LogP contribution < -0.4 is 15.5 Å². The zero-order valence-corrected chi connectivity index (χ0v) is 19.5. The molecule has 0 unspecified atom stereocenters. The Hall–Kier alpha value is -1.94.